The standard InChI is InChI=1S/C15H18FNO3S/c16-11-6-2-4-8-13(11)21-9-14(18)17-12-7-3-1-5-10(12)15(19)20/h2,4,6,8,10,12H,1,3,5,7,9H2,(H,17,18)(H,19,20)/t10-,12+/m1/s1. The second-order valence-electron chi connectivity index (χ2n) is 5.12. The molecule has 1 aromatic rings. The fourth-order valence-corrected chi connectivity index (χ4v) is 3.30. The molecule has 1 aromatic carbocycles. The molecule has 2 atom stereocenters. The van der Waals surface area contributed by atoms with Gasteiger partial charge in [-0.2, -0.15) is 0 Å². The number of carbonyl (C=O) groups excluding carboxylic acids is 1. The number of carboxylic acid groups (broad SMARTS) is 1. The zero-order valence-corrected chi connectivity index (χ0v) is 12.4. The first-order chi connectivity index (χ1) is 10.1. The van der Waals surface area contributed by atoms with Gasteiger partial charge < -0.3 is 10.4 Å². The lowest BCUT2D eigenvalue weighted by Crippen LogP contribution is -2.45. The van der Waals surface area contributed by atoms with E-state index in [-0.39, 0.29) is 23.5 Å². The number of carboxylic acids is 1. The molecule has 0 unspecified atom stereocenters. The zero-order valence-electron chi connectivity index (χ0n) is 11.5. The predicted molar refractivity (Wildman–Crippen MR) is 78.6 cm³/mol. The lowest BCUT2D eigenvalue weighted by atomic mass is 9.84. The van der Waals surface area contributed by atoms with E-state index in [4.69, 9.17) is 5.11 Å². The highest BCUT2D eigenvalue weighted by molar-refractivity contribution is 8.00. The van der Waals surface area contributed by atoms with Crippen LogP contribution in [0.2, 0.25) is 0 Å². The third-order valence-electron chi connectivity index (χ3n) is 3.62. The van der Waals surface area contributed by atoms with E-state index in [0.717, 1.165) is 24.6 Å². The van der Waals surface area contributed by atoms with Crippen LogP contribution in [0.1, 0.15) is 25.7 Å². The Morgan fingerprint density at radius 3 is 2.71 bits per heavy atom. The zero-order chi connectivity index (χ0) is 15.2. The SMILES string of the molecule is O=C(CSc1ccccc1F)N[C@H]1CCCC[C@H]1C(=O)O. The summed E-state index contributed by atoms with van der Waals surface area (Å²) in [6, 6.07) is 5.96. The predicted octanol–water partition coefficient (Wildman–Crippen LogP) is 2.68. The van der Waals surface area contributed by atoms with Crippen molar-refractivity contribution in [3.05, 3.63) is 30.1 Å². The summed E-state index contributed by atoms with van der Waals surface area (Å²) >= 11 is 1.12. The highest BCUT2D eigenvalue weighted by Crippen LogP contribution is 2.25. The monoisotopic (exact) mass is 311 g/mol. The van der Waals surface area contributed by atoms with Gasteiger partial charge in [0.05, 0.1) is 11.7 Å². The second-order valence-corrected chi connectivity index (χ2v) is 6.14. The smallest absolute Gasteiger partial charge is 0.308 e. The van der Waals surface area contributed by atoms with Gasteiger partial charge in [0.1, 0.15) is 5.82 Å². The van der Waals surface area contributed by atoms with Gasteiger partial charge in [0.25, 0.3) is 0 Å². The Kier molecular flexibility index (Phi) is 5.61. The van der Waals surface area contributed by atoms with E-state index in [1.54, 1.807) is 18.2 Å². The summed E-state index contributed by atoms with van der Waals surface area (Å²) in [7, 11) is 0. The summed E-state index contributed by atoms with van der Waals surface area (Å²) < 4.78 is 13.4. The number of benzene rings is 1. The minimum Gasteiger partial charge on any atom is -0.481 e. The Bertz CT molecular complexity index is 523. The number of thioether (sulfide) groups is 1. The van der Waals surface area contributed by atoms with E-state index >= 15 is 0 Å². The fourth-order valence-electron chi connectivity index (χ4n) is 2.55. The average molecular weight is 311 g/mol. The van der Waals surface area contributed by atoms with Crippen LogP contribution < -0.4 is 5.32 Å². The molecule has 2 N–H and O–H groups in total. The number of amides is 1. The number of nitrogens with one attached hydrogen (secondary N) is 1. The van der Waals surface area contributed by atoms with Gasteiger partial charge in [0.2, 0.25) is 5.91 Å². The molecule has 0 saturated heterocycles. The largest absolute Gasteiger partial charge is 0.481 e. The summed E-state index contributed by atoms with van der Waals surface area (Å²) in [5, 5.41) is 11.9. The Morgan fingerprint density at radius 1 is 1.29 bits per heavy atom. The number of aliphatic carboxylic acids is 1. The highest BCUT2D eigenvalue weighted by Gasteiger charge is 2.31. The summed E-state index contributed by atoms with van der Waals surface area (Å²) in [6.07, 6.45) is 3.09. The van der Waals surface area contributed by atoms with Gasteiger partial charge in [0.15, 0.2) is 0 Å². The summed E-state index contributed by atoms with van der Waals surface area (Å²) in [5.74, 6) is -1.88. The van der Waals surface area contributed by atoms with Crippen molar-refractivity contribution >= 4 is 23.6 Å². The van der Waals surface area contributed by atoms with E-state index in [1.807, 2.05) is 0 Å². The van der Waals surface area contributed by atoms with Gasteiger partial charge in [-0.15, -0.1) is 11.8 Å². The van der Waals surface area contributed by atoms with Crippen LogP contribution in [0, 0.1) is 11.7 Å². The van der Waals surface area contributed by atoms with Crippen molar-refractivity contribution in [2.75, 3.05) is 5.75 Å². The van der Waals surface area contributed by atoms with E-state index in [1.165, 1.54) is 6.07 Å². The number of carbonyl (C=O) groups is 2. The minimum atomic E-state index is -0.859. The molecule has 114 valence electrons. The quantitative estimate of drug-likeness (QED) is 0.821. The molecule has 1 fully saturated rings. The topological polar surface area (TPSA) is 66.4 Å². The summed E-state index contributed by atoms with van der Waals surface area (Å²) in [6.45, 7) is 0. The van der Waals surface area contributed by atoms with Crippen LogP contribution in [-0.2, 0) is 9.59 Å². The van der Waals surface area contributed by atoms with Crippen molar-refractivity contribution < 1.29 is 19.1 Å². The maximum Gasteiger partial charge on any atom is 0.308 e. The normalized spacial score (nSPS) is 21.8. The highest BCUT2D eigenvalue weighted by atomic mass is 32.2. The van der Waals surface area contributed by atoms with Crippen LogP contribution in [0.3, 0.4) is 0 Å². The van der Waals surface area contributed by atoms with Gasteiger partial charge in [-0.25, -0.2) is 4.39 Å². The second kappa shape index (κ2) is 7.45. The Morgan fingerprint density at radius 2 is 2.00 bits per heavy atom. The van der Waals surface area contributed by atoms with Crippen LogP contribution in [0.15, 0.2) is 29.2 Å². The van der Waals surface area contributed by atoms with Crippen molar-refractivity contribution in [2.24, 2.45) is 5.92 Å². The van der Waals surface area contributed by atoms with E-state index in [0.29, 0.717) is 17.7 Å². The lowest BCUT2D eigenvalue weighted by molar-refractivity contribution is -0.144. The minimum absolute atomic E-state index is 0.0871. The van der Waals surface area contributed by atoms with Gasteiger partial charge in [-0.05, 0) is 25.0 Å². The molecular weight excluding hydrogens is 293 g/mol. The Balaban J connectivity index is 1.86. The van der Waals surface area contributed by atoms with Crippen LogP contribution in [-0.4, -0.2) is 28.8 Å². The van der Waals surface area contributed by atoms with Gasteiger partial charge in [-0.1, -0.05) is 25.0 Å². The molecule has 0 heterocycles. The maximum absolute atomic E-state index is 13.4. The number of hydrogen-bond acceptors (Lipinski definition) is 3. The molecule has 1 aliphatic rings. The Labute approximate surface area is 127 Å². The first-order valence-corrected chi connectivity index (χ1v) is 7.96. The van der Waals surface area contributed by atoms with E-state index < -0.39 is 11.9 Å². The molecule has 21 heavy (non-hydrogen) atoms. The summed E-state index contributed by atoms with van der Waals surface area (Å²) in [4.78, 5) is 23.5. The molecule has 0 aromatic heterocycles. The lowest BCUT2D eigenvalue weighted by Gasteiger charge is -2.29. The molecule has 1 saturated carbocycles. The van der Waals surface area contributed by atoms with Gasteiger partial charge in [-0.3, -0.25) is 9.59 Å². The van der Waals surface area contributed by atoms with Crippen LogP contribution >= 0.6 is 11.8 Å². The molecule has 0 bridgehead atoms. The molecular formula is C15H18FNO3S. The fraction of sp³-hybridized carbons (Fsp3) is 0.467. The molecule has 0 aliphatic heterocycles. The first kappa shape index (κ1) is 15.8. The van der Waals surface area contributed by atoms with Crippen molar-refractivity contribution in [2.45, 2.75) is 36.6 Å². The third kappa shape index (κ3) is 4.46. The van der Waals surface area contributed by atoms with Crippen molar-refractivity contribution in [1.29, 1.82) is 0 Å². The van der Waals surface area contributed by atoms with Crippen LogP contribution in [0.25, 0.3) is 0 Å². The molecule has 0 radical (unpaired) electrons. The molecule has 2 rings (SSSR count). The van der Waals surface area contributed by atoms with Crippen molar-refractivity contribution in [1.82, 2.24) is 5.32 Å². The molecule has 1 aliphatic carbocycles. The van der Waals surface area contributed by atoms with Crippen LogP contribution in [0.4, 0.5) is 4.39 Å². The van der Waals surface area contributed by atoms with Gasteiger partial charge in [0, 0.05) is 10.9 Å². The summed E-state index contributed by atoms with van der Waals surface area (Å²) in [5.41, 5.74) is 0. The van der Waals surface area contributed by atoms with E-state index in [2.05, 4.69) is 5.32 Å². The number of hydrogen-bond donors (Lipinski definition) is 2. The number of rotatable bonds is 5. The molecule has 4 nitrogen and oxygen atoms in total. The van der Waals surface area contributed by atoms with Crippen molar-refractivity contribution in [3.8, 4) is 0 Å². The molecule has 1 amide bonds. The maximum atomic E-state index is 13.4. The van der Waals surface area contributed by atoms with Crippen molar-refractivity contribution in [3.63, 3.8) is 0 Å². The third-order valence-corrected chi connectivity index (χ3v) is 4.67. The van der Waals surface area contributed by atoms with E-state index in [9.17, 15) is 14.0 Å². The van der Waals surface area contributed by atoms with Gasteiger partial charge >= 0.3 is 5.97 Å². The average Bonchev–Trinajstić information content (AvgIpc) is 2.47. The molecule has 0 spiro atoms. The van der Waals surface area contributed by atoms with Crippen LogP contribution in [0.5, 0.6) is 0 Å². The first-order valence-electron chi connectivity index (χ1n) is 6.97. The Hall–Kier alpha value is -1.56. The molecule has 6 heteroatoms. The number of halogens is 1.